The summed E-state index contributed by atoms with van der Waals surface area (Å²) in [4.78, 5) is 15.7. The summed E-state index contributed by atoms with van der Waals surface area (Å²) in [6.07, 6.45) is -0.332. The van der Waals surface area contributed by atoms with E-state index in [0.717, 1.165) is 0 Å². The maximum Gasteiger partial charge on any atom is 0.410 e. The van der Waals surface area contributed by atoms with Crippen molar-refractivity contribution in [3.05, 3.63) is 29.6 Å². The predicted molar refractivity (Wildman–Crippen MR) is 92.3 cm³/mol. The number of nitrogens with zero attached hydrogens (tertiary/aromatic N) is 2. The zero-order valence-corrected chi connectivity index (χ0v) is 14.5. The zero-order chi connectivity index (χ0) is 17.2. The highest BCUT2D eigenvalue weighted by Crippen LogP contribution is 2.22. The van der Waals surface area contributed by atoms with Gasteiger partial charge < -0.3 is 20.3 Å². The van der Waals surface area contributed by atoms with Gasteiger partial charge in [-0.15, -0.1) is 0 Å². The Labute approximate surface area is 141 Å². The first-order valence-corrected chi connectivity index (χ1v) is 7.90. The van der Waals surface area contributed by atoms with Crippen LogP contribution in [0.3, 0.4) is 0 Å². The molecule has 23 heavy (non-hydrogen) atoms. The minimum Gasteiger partial charge on any atom is -0.444 e. The molecule has 0 radical (unpaired) electrons. The number of benzene rings is 1. The maximum absolute atomic E-state index is 14.2. The Morgan fingerprint density at radius 3 is 2.35 bits per heavy atom. The number of nitrogens with two attached hydrogens (primary N) is 1. The van der Waals surface area contributed by atoms with Gasteiger partial charge in [0.2, 0.25) is 0 Å². The molecule has 0 bridgehead atoms. The van der Waals surface area contributed by atoms with Crippen LogP contribution in [0, 0.1) is 5.82 Å². The van der Waals surface area contributed by atoms with Crippen molar-refractivity contribution in [1.29, 1.82) is 0 Å². The minimum absolute atomic E-state index is 0.171. The lowest BCUT2D eigenvalue weighted by molar-refractivity contribution is 0.0240. The molecule has 0 atom stereocenters. The molecule has 1 aliphatic rings. The highest BCUT2D eigenvalue weighted by atomic mass is 32.1. The van der Waals surface area contributed by atoms with Gasteiger partial charge in [0, 0.05) is 31.7 Å². The summed E-state index contributed by atoms with van der Waals surface area (Å²) in [6, 6.07) is 4.73. The fourth-order valence-corrected chi connectivity index (χ4v) is 2.50. The van der Waals surface area contributed by atoms with Crippen molar-refractivity contribution in [2.24, 2.45) is 5.73 Å². The molecular formula is C16H22FN3O2S. The van der Waals surface area contributed by atoms with E-state index in [0.29, 0.717) is 37.4 Å². The molecule has 0 aliphatic carbocycles. The Bertz CT molecular complexity index is 608. The molecule has 5 nitrogen and oxygen atoms in total. The number of piperazine rings is 1. The number of carbonyl (C=O) groups is 1. The van der Waals surface area contributed by atoms with Gasteiger partial charge in [-0.2, -0.15) is 0 Å². The van der Waals surface area contributed by atoms with Crippen LogP contribution in [0.15, 0.2) is 18.2 Å². The SMILES string of the molecule is CC(C)(C)OC(=O)N1CCN(c2ccc(C(N)=S)cc2F)CC1. The van der Waals surface area contributed by atoms with Crippen LogP contribution in [0.4, 0.5) is 14.9 Å². The third-order valence-corrected chi connectivity index (χ3v) is 3.74. The molecule has 2 rings (SSSR count). The number of ether oxygens (including phenoxy) is 1. The highest BCUT2D eigenvalue weighted by molar-refractivity contribution is 7.80. The van der Waals surface area contributed by atoms with Gasteiger partial charge in [0.15, 0.2) is 0 Å². The van der Waals surface area contributed by atoms with Crippen molar-refractivity contribution in [2.75, 3.05) is 31.1 Å². The van der Waals surface area contributed by atoms with E-state index in [2.05, 4.69) is 0 Å². The number of thiocarbonyl (C=S) groups is 1. The van der Waals surface area contributed by atoms with Crippen LogP contribution >= 0.6 is 12.2 Å². The van der Waals surface area contributed by atoms with Gasteiger partial charge in [-0.25, -0.2) is 9.18 Å². The van der Waals surface area contributed by atoms with Crippen LogP contribution in [-0.4, -0.2) is 47.8 Å². The standard InChI is InChI=1S/C16H22FN3O2S/c1-16(2,3)22-15(21)20-8-6-19(7-9-20)13-5-4-11(14(18)23)10-12(13)17/h4-5,10H,6-9H2,1-3H3,(H2,18,23). The number of carbonyl (C=O) groups excluding carboxylic acids is 1. The molecule has 126 valence electrons. The van der Waals surface area contributed by atoms with Gasteiger partial charge in [-0.1, -0.05) is 12.2 Å². The number of halogens is 1. The summed E-state index contributed by atoms with van der Waals surface area (Å²) in [5.41, 5.74) is 5.99. The van der Waals surface area contributed by atoms with E-state index in [1.54, 1.807) is 17.0 Å². The summed E-state index contributed by atoms with van der Waals surface area (Å²) in [5.74, 6) is -0.360. The maximum atomic E-state index is 14.2. The first-order chi connectivity index (χ1) is 10.7. The fraction of sp³-hybridized carbons (Fsp3) is 0.500. The number of hydrogen-bond donors (Lipinski definition) is 1. The Morgan fingerprint density at radius 1 is 1.26 bits per heavy atom. The van der Waals surface area contributed by atoms with E-state index >= 15 is 0 Å². The van der Waals surface area contributed by atoms with Gasteiger partial charge in [-0.3, -0.25) is 0 Å². The Hall–Kier alpha value is -1.89. The predicted octanol–water partition coefficient (Wildman–Crippen LogP) is 2.52. The van der Waals surface area contributed by atoms with E-state index in [1.165, 1.54) is 6.07 Å². The summed E-state index contributed by atoms with van der Waals surface area (Å²) >= 11 is 4.85. The lowest BCUT2D eigenvalue weighted by Gasteiger charge is -2.36. The van der Waals surface area contributed by atoms with Crippen molar-refractivity contribution >= 4 is 29.0 Å². The molecule has 0 saturated carbocycles. The molecule has 0 aromatic heterocycles. The van der Waals surface area contributed by atoms with Crippen LogP contribution in [0.5, 0.6) is 0 Å². The molecule has 1 aromatic rings. The molecule has 1 fully saturated rings. The number of rotatable bonds is 2. The van der Waals surface area contributed by atoms with Gasteiger partial charge in [0.25, 0.3) is 0 Å². The van der Waals surface area contributed by atoms with E-state index in [9.17, 15) is 9.18 Å². The summed E-state index contributed by atoms with van der Waals surface area (Å²) in [6.45, 7) is 7.57. The summed E-state index contributed by atoms with van der Waals surface area (Å²) in [7, 11) is 0. The molecule has 1 heterocycles. The summed E-state index contributed by atoms with van der Waals surface area (Å²) in [5, 5.41) is 0. The monoisotopic (exact) mass is 339 g/mol. The second-order valence-corrected chi connectivity index (χ2v) is 6.92. The number of anilines is 1. The Balaban J connectivity index is 1.99. The fourth-order valence-electron chi connectivity index (χ4n) is 2.37. The number of hydrogen-bond acceptors (Lipinski definition) is 4. The van der Waals surface area contributed by atoms with E-state index in [4.69, 9.17) is 22.7 Å². The second-order valence-electron chi connectivity index (χ2n) is 6.48. The van der Waals surface area contributed by atoms with Crippen LogP contribution in [0.1, 0.15) is 26.3 Å². The molecule has 1 amide bonds. The van der Waals surface area contributed by atoms with Crippen molar-refractivity contribution in [3.8, 4) is 0 Å². The van der Waals surface area contributed by atoms with Crippen molar-refractivity contribution < 1.29 is 13.9 Å². The van der Waals surface area contributed by atoms with Crippen molar-refractivity contribution in [1.82, 2.24) is 4.90 Å². The van der Waals surface area contributed by atoms with Crippen LogP contribution < -0.4 is 10.6 Å². The zero-order valence-electron chi connectivity index (χ0n) is 13.6. The molecular weight excluding hydrogens is 317 g/mol. The lowest BCUT2D eigenvalue weighted by Crippen LogP contribution is -2.50. The molecule has 1 aliphatic heterocycles. The molecule has 0 spiro atoms. The van der Waals surface area contributed by atoms with Gasteiger partial charge in [-0.05, 0) is 39.0 Å². The van der Waals surface area contributed by atoms with Gasteiger partial charge in [0.05, 0.1) is 5.69 Å². The quantitative estimate of drug-likeness (QED) is 0.839. The second kappa shape index (κ2) is 6.70. The molecule has 2 N–H and O–H groups in total. The largest absolute Gasteiger partial charge is 0.444 e. The first kappa shape index (κ1) is 17.5. The van der Waals surface area contributed by atoms with Crippen molar-refractivity contribution in [3.63, 3.8) is 0 Å². The van der Waals surface area contributed by atoms with Crippen molar-refractivity contribution in [2.45, 2.75) is 26.4 Å². The molecule has 0 unspecified atom stereocenters. The van der Waals surface area contributed by atoms with E-state index in [-0.39, 0.29) is 16.9 Å². The minimum atomic E-state index is -0.517. The molecule has 1 saturated heterocycles. The van der Waals surface area contributed by atoms with Gasteiger partial charge >= 0.3 is 6.09 Å². The Kier molecular flexibility index (Phi) is 5.09. The van der Waals surface area contributed by atoms with E-state index in [1.807, 2.05) is 25.7 Å². The average molecular weight is 339 g/mol. The normalized spacial score (nSPS) is 15.5. The molecule has 7 heteroatoms. The lowest BCUT2D eigenvalue weighted by atomic mass is 10.1. The Morgan fingerprint density at radius 2 is 1.87 bits per heavy atom. The third kappa shape index (κ3) is 4.54. The van der Waals surface area contributed by atoms with E-state index < -0.39 is 5.60 Å². The van der Waals surface area contributed by atoms with Gasteiger partial charge in [0.1, 0.15) is 16.4 Å². The highest BCUT2D eigenvalue weighted by Gasteiger charge is 2.26. The molecule has 1 aromatic carbocycles. The first-order valence-electron chi connectivity index (χ1n) is 7.49. The third-order valence-electron chi connectivity index (χ3n) is 3.50. The summed E-state index contributed by atoms with van der Waals surface area (Å²) < 4.78 is 19.6. The number of amides is 1. The van der Waals surface area contributed by atoms with Crippen LogP contribution in [-0.2, 0) is 4.74 Å². The average Bonchev–Trinajstić information content (AvgIpc) is 2.45. The van der Waals surface area contributed by atoms with Crippen LogP contribution in [0.2, 0.25) is 0 Å². The smallest absolute Gasteiger partial charge is 0.410 e. The van der Waals surface area contributed by atoms with Crippen LogP contribution in [0.25, 0.3) is 0 Å². The topological polar surface area (TPSA) is 58.8 Å².